The number of nitrogens with zero attached hydrogens (tertiary/aromatic N) is 2. The summed E-state index contributed by atoms with van der Waals surface area (Å²) in [6.45, 7) is 0. The number of anilines is 1. The fourth-order valence-electron chi connectivity index (χ4n) is 3.70. The van der Waals surface area contributed by atoms with Gasteiger partial charge in [0.15, 0.2) is 0 Å². The Labute approximate surface area is 144 Å². The van der Waals surface area contributed by atoms with Crippen LogP contribution in [-0.4, -0.2) is 15.7 Å². The van der Waals surface area contributed by atoms with Crippen molar-refractivity contribution in [2.75, 3.05) is 5.73 Å². The summed E-state index contributed by atoms with van der Waals surface area (Å²) < 4.78 is 1.47. The Morgan fingerprint density at radius 1 is 1.00 bits per heavy atom. The summed E-state index contributed by atoms with van der Waals surface area (Å²) in [7, 11) is 0. The number of rotatable bonds is 1. The fraction of sp³-hybridized carbons (Fsp3) is 0.0476. The zero-order chi connectivity index (χ0) is 17.0. The molecule has 0 aliphatic heterocycles. The molecule has 0 amide bonds. The highest BCUT2D eigenvalue weighted by atomic mass is 16.2. The Kier molecular flexibility index (Phi) is 2.82. The number of carbonyl (C=O) groups excluding carboxylic acids is 1. The summed E-state index contributed by atoms with van der Waals surface area (Å²) in [5.41, 5.74) is 12.6. The van der Waals surface area contributed by atoms with E-state index in [0.29, 0.717) is 5.56 Å². The average molecular weight is 325 g/mol. The van der Waals surface area contributed by atoms with Crippen molar-refractivity contribution in [2.45, 2.75) is 6.42 Å². The van der Waals surface area contributed by atoms with Gasteiger partial charge in [-0.15, -0.1) is 0 Å². The molecule has 4 nitrogen and oxygen atoms in total. The molecular formula is C21H15N3O. The highest BCUT2D eigenvalue weighted by Crippen LogP contribution is 2.42. The zero-order valence-electron chi connectivity index (χ0n) is 13.4. The molecule has 2 N–H and O–H groups in total. The maximum Gasteiger partial charge on any atom is 0.279 e. The molecule has 0 radical (unpaired) electrons. The second-order valence-electron chi connectivity index (χ2n) is 6.31. The molecule has 120 valence electrons. The summed E-state index contributed by atoms with van der Waals surface area (Å²) >= 11 is 0. The first-order chi connectivity index (χ1) is 12.2. The van der Waals surface area contributed by atoms with E-state index in [4.69, 9.17) is 5.73 Å². The van der Waals surface area contributed by atoms with Crippen LogP contribution in [0.2, 0.25) is 0 Å². The summed E-state index contributed by atoms with van der Waals surface area (Å²) in [5.74, 6) is -0.130. The quantitative estimate of drug-likeness (QED) is 0.476. The van der Waals surface area contributed by atoms with Crippen LogP contribution in [0, 0.1) is 0 Å². The lowest BCUT2D eigenvalue weighted by atomic mass is 9.98. The van der Waals surface area contributed by atoms with Crippen molar-refractivity contribution in [3.8, 4) is 11.1 Å². The van der Waals surface area contributed by atoms with Gasteiger partial charge in [0.25, 0.3) is 5.91 Å². The van der Waals surface area contributed by atoms with E-state index >= 15 is 0 Å². The van der Waals surface area contributed by atoms with Gasteiger partial charge in [0.1, 0.15) is 0 Å². The van der Waals surface area contributed by atoms with Crippen LogP contribution in [0.3, 0.4) is 0 Å². The average Bonchev–Trinajstić information content (AvgIpc) is 3.24. The predicted molar refractivity (Wildman–Crippen MR) is 98.6 cm³/mol. The minimum atomic E-state index is -0.130. The van der Waals surface area contributed by atoms with Crippen molar-refractivity contribution in [3.63, 3.8) is 0 Å². The standard InChI is InChI=1S/C21H15N3O/c22-18-10-9-16(20-15-7-3-1-5-13(15)11-17(18)20)21(25)24-19-8-4-2-6-14(19)12-23-24/h1-10,12H,11,22H2. The smallest absolute Gasteiger partial charge is 0.279 e. The number of carbonyl (C=O) groups is 1. The van der Waals surface area contributed by atoms with Gasteiger partial charge in [0.05, 0.1) is 17.3 Å². The van der Waals surface area contributed by atoms with Crippen LogP contribution in [0.1, 0.15) is 21.5 Å². The van der Waals surface area contributed by atoms with Gasteiger partial charge in [0, 0.05) is 23.1 Å². The molecule has 3 aromatic carbocycles. The maximum atomic E-state index is 13.3. The van der Waals surface area contributed by atoms with Crippen LogP contribution in [-0.2, 0) is 6.42 Å². The largest absolute Gasteiger partial charge is 0.398 e. The van der Waals surface area contributed by atoms with Crippen LogP contribution < -0.4 is 5.73 Å². The van der Waals surface area contributed by atoms with Gasteiger partial charge in [-0.1, -0.05) is 42.5 Å². The van der Waals surface area contributed by atoms with Gasteiger partial charge in [0.2, 0.25) is 0 Å². The number of aromatic nitrogens is 2. The molecule has 1 heterocycles. The van der Waals surface area contributed by atoms with Crippen molar-refractivity contribution in [3.05, 3.63) is 83.6 Å². The molecule has 0 bridgehead atoms. The number of nitrogens with two attached hydrogens (primary N) is 1. The molecule has 4 aromatic rings. The van der Waals surface area contributed by atoms with E-state index in [1.807, 2.05) is 48.5 Å². The van der Waals surface area contributed by atoms with Crippen LogP contribution in [0.5, 0.6) is 0 Å². The molecule has 1 aliphatic rings. The Morgan fingerprint density at radius 3 is 2.72 bits per heavy atom. The highest BCUT2D eigenvalue weighted by Gasteiger charge is 2.27. The van der Waals surface area contributed by atoms with Crippen molar-refractivity contribution in [2.24, 2.45) is 0 Å². The number of hydrogen-bond acceptors (Lipinski definition) is 3. The van der Waals surface area contributed by atoms with Crippen LogP contribution in [0.4, 0.5) is 5.69 Å². The van der Waals surface area contributed by atoms with Crippen molar-refractivity contribution < 1.29 is 4.79 Å². The molecule has 0 spiro atoms. The van der Waals surface area contributed by atoms with E-state index in [-0.39, 0.29) is 5.91 Å². The van der Waals surface area contributed by atoms with Crippen molar-refractivity contribution in [1.82, 2.24) is 9.78 Å². The summed E-state index contributed by atoms with van der Waals surface area (Å²) in [4.78, 5) is 13.3. The third-order valence-corrected chi connectivity index (χ3v) is 4.90. The molecule has 0 saturated carbocycles. The molecule has 0 saturated heterocycles. The fourth-order valence-corrected chi connectivity index (χ4v) is 3.70. The lowest BCUT2D eigenvalue weighted by Crippen LogP contribution is -2.15. The SMILES string of the molecule is Nc1ccc(C(=O)n2ncc3ccccc32)c2c1Cc1ccccc1-2. The Balaban J connectivity index is 1.75. The van der Waals surface area contributed by atoms with Crippen molar-refractivity contribution in [1.29, 1.82) is 0 Å². The first-order valence-electron chi connectivity index (χ1n) is 8.21. The second-order valence-corrected chi connectivity index (χ2v) is 6.31. The topological polar surface area (TPSA) is 60.9 Å². The number of fused-ring (bicyclic) bond motifs is 4. The minimum Gasteiger partial charge on any atom is -0.398 e. The molecule has 1 aliphatic carbocycles. The summed E-state index contributed by atoms with van der Waals surface area (Å²) in [6.07, 6.45) is 2.48. The highest BCUT2D eigenvalue weighted by molar-refractivity contribution is 6.07. The first-order valence-corrected chi connectivity index (χ1v) is 8.21. The molecule has 1 aromatic heterocycles. The van der Waals surface area contributed by atoms with Gasteiger partial charge in [-0.2, -0.15) is 9.78 Å². The maximum absolute atomic E-state index is 13.3. The third kappa shape index (κ3) is 1.94. The van der Waals surface area contributed by atoms with E-state index in [1.165, 1.54) is 10.2 Å². The second kappa shape index (κ2) is 5.05. The Hall–Kier alpha value is -3.40. The van der Waals surface area contributed by atoms with E-state index in [0.717, 1.165) is 39.7 Å². The lowest BCUT2D eigenvalue weighted by molar-refractivity contribution is 0.0951. The molecule has 0 fully saturated rings. The number of nitrogen functional groups attached to an aromatic ring is 1. The van der Waals surface area contributed by atoms with Gasteiger partial charge in [-0.3, -0.25) is 4.79 Å². The molecule has 5 rings (SSSR count). The number of hydrogen-bond donors (Lipinski definition) is 1. The van der Waals surface area contributed by atoms with Gasteiger partial charge >= 0.3 is 0 Å². The first kappa shape index (κ1) is 14.0. The van der Waals surface area contributed by atoms with E-state index in [1.54, 1.807) is 6.20 Å². The van der Waals surface area contributed by atoms with Gasteiger partial charge < -0.3 is 5.73 Å². The molecular weight excluding hydrogens is 310 g/mol. The van der Waals surface area contributed by atoms with Crippen LogP contribution >= 0.6 is 0 Å². The van der Waals surface area contributed by atoms with Crippen molar-refractivity contribution >= 4 is 22.5 Å². The number of para-hydroxylation sites is 1. The normalized spacial score (nSPS) is 12.2. The molecule has 0 atom stereocenters. The lowest BCUT2D eigenvalue weighted by Gasteiger charge is -2.11. The van der Waals surface area contributed by atoms with Crippen LogP contribution in [0.15, 0.2) is 66.9 Å². The van der Waals surface area contributed by atoms with E-state index < -0.39 is 0 Å². The number of benzene rings is 3. The molecule has 0 unspecified atom stereocenters. The summed E-state index contributed by atoms with van der Waals surface area (Å²) in [6, 6.07) is 19.5. The van der Waals surface area contributed by atoms with Gasteiger partial charge in [-0.25, -0.2) is 0 Å². The third-order valence-electron chi connectivity index (χ3n) is 4.90. The van der Waals surface area contributed by atoms with Gasteiger partial charge in [-0.05, 0) is 34.9 Å². The predicted octanol–water partition coefficient (Wildman–Crippen LogP) is 3.88. The van der Waals surface area contributed by atoms with E-state index in [2.05, 4.69) is 17.2 Å². The molecule has 25 heavy (non-hydrogen) atoms. The Bertz CT molecular complexity index is 1160. The van der Waals surface area contributed by atoms with Crippen LogP contribution in [0.25, 0.3) is 22.0 Å². The van der Waals surface area contributed by atoms with E-state index in [9.17, 15) is 4.79 Å². The molecule has 4 heteroatoms. The summed E-state index contributed by atoms with van der Waals surface area (Å²) in [5, 5.41) is 5.26. The Morgan fingerprint density at radius 2 is 1.80 bits per heavy atom. The minimum absolute atomic E-state index is 0.130. The zero-order valence-corrected chi connectivity index (χ0v) is 13.4. The monoisotopic (exact) mass is 325 g/mol.